The number of nitrogens with two attached hydrogens (primary N) is 1. The smallest absolute Gasteiger partial charge is 0.326 e. The van der Waals surface area contributed by atoms with Crippen LogP contribution in [0.2, 0.25) is 0 Å². The molecule has 152 valence electrons. The molecule has 0 bridgehead atoms. The highest BCUT2D eigenvalue weighted by molar-refractivity contribution is 5.96. The van der Waals surface area contributed by atoms with Crippen molar-refractivity contribution in [2.45, 2.75) is 32.7 Å². The number of H-pyrrole nitrogens is 2. The number of anilines is 1. The van der Waals surface area contributed by atoms with Crippen molar-refractivity contribution in [1.29, 1.82) is 0 Å². The summed E-state index contributed by atoms with van der Waals surface area (Å²) in [4.78, 5) is 45.2. The summed E-state index contributed by atoms with van der Waals surface area (Å²) in [6.07, 6.45) is 3.00. The van der Waals surface area contributed by atoms with Crippen LogP contribution >= 0.6 is 0 Å². The monoisotopic (exact) mass is 397 g/mol. The van der Waals surface area contributed by atoms with Gasteiger partial charge in [-0.3, -0.25) is 14.6 Å². The van der Waals surface area contributed by atoms with Crippen LogP contribution in [0.4, 0.5) is 5.95 Å². The zero-order valence-electron chi connectivity index (χ0n) is 16.2. The second-order valence-electron chi connectivity index (χ2n) is 7.22. The molecule has 0 aliphatic carbocycles. The van der Waals surface area contributed by atoms with E-state index in [2.05, 4.69) is 20.3 Å². The van der Waals surface area contributed by atoms with Gasteiger partial charge < -0.3 is 21.1 Å². The predicted molar refractivity (Wildman–Crippen MR) is 109 cm³/mol. The number of carboxylic acid groups (broad SMARTS) is 1. The minimum absolute atomic E-state index is 0.0624. The van der Waals surface area contributed by atoms with Gasteiger partial charge in [-0.25, -0.2) is 4.79 Å². The number of carboxylic acids is 1. The summed E-state index contributed by atoms with van der Waals surface area (Å²) in [5.74, 6) is -1.65. The zero-order valence-corrected chi connectivity index (χ0v) is 16.2. The Bertz CT molecular complexity index is 1100. The number of aryl methyl sites for hydroxylation is 2. The molecule has 2 aromatic heterocycles. The van der Waals surface area contributed by atoms with Crippen LogP contribution in [0.1, 0.15) is 35.3 Å². The van der Waals surface area contributed by atoms with Crippen LogP contribution in [0, 0.1) is 5.92 Å². The molecule has 3 aromatic rings. The highest BCUT2D eigenvalue weighted by atomic mass is 16.4. The Kier molecular flexibility index (Phi) is 5.67. The maximum Gasteiger partial charge on any atom is 0.326 e. The van der Waals surface area contributed by atoms with Gasteiger partial charge in [0.1, 0.15) is 11.7 Å². The molecule has 6 N–H and O–H groups in total. The summed E-state index contributed by atoms with van der Waals surface area (Å²) in [6, 6.07) is 6.01. The molecule has 9 nitrogen and oxygen atoms in total. The van der Waals surface area contributed by atoms with Crippen LogP contribution in [0.15, 0.2) is 35.3 Å². The summed E-state index contributed by atoms with van der Waals surface area (Å²) in [5, 5.41) is 12.2. The molecule has 2 heterocycles. The molecule has 0 radical (unpaired) electrons. The molecule has 9 heteroatoms. The Hall–Kier alpha value is -3.62. The molecule has 0 saturated heterocycles. The summed E-state index contributed by atoms with van der Waals surface area (Å²) >= 11 is 0. The standard InChI is InChI=1S/C20H23N5O4/c1-10(2)15(19(28)29)23-17(26)12-6-3-11(4-7-12)5-8-13-9-22-16-14(13)18(27)25-20(21)24-16/h3-4,6-7,9-10,15H,5,8H2,1-2H3,(H,23,26)(H,28,29)(H4,21,22,24,25,27)/t15-/m0/s1. The van der Waals surface area contributed by atoms with E-state index in [-0.39, 0.29) is 17.4 Å². The third kappa shape index (κ3) is 4.45. The van der Waals surface area contributed by atoms with E-state index in [1.54, 1.807) is 32.2 Å². The number of nitrogens with zero attached hydrogens (tertiary/aromatic N) is 1. The van der Waals surface area contributed by atoms with Gasteiger partial charge in [0, 0.05) is 11.8 Å². The maximum absolute atomic E-state index is 12.3. The van der Waals surface area contributed by atoms with E-state index >= 15 is 0 Å². The molecule has 0 aliphatic heterocycles. The number of benzene rings is 1. The quantitative estimate of drug-likeness (QED) is 0.407. The van der Waals surface area contributed by atoms with Crippen molar-refractivity contribution in [3.05, 3.63) is 57.5 Å². The fourth-order valence-electron chi connectivity index (χ4n) is 3.16. The van der Waals surface area contributed by atoms with Crippen LogP contribution in [0.25, 0.3) is 11.0 Å². The van der Waals surface area contributed by atoms with E-state index in [9.17, 15) is 19.5 Å². The van der Waals surface area contributed by atoms with Crippen molar-refractivity contribution in [2.75, 3.05) is 5.73 Å². The van der Waals surface area contributed by atoms with Gasteiger partial charge in [0.2, 0.25) is 5.95 Å². The van der Waals surface area contributed by atoms with Crippen LogP contribution in [0.3, 0.4) is 0 Å². The zero-order chi connectivity index (χ0) is 21.1. The second-order valence-corrected chi connectivity index (χ2v) is 7.22. The minimum Gasteiger partial charge on any atom is -0.480 e. The Morgan fingerprint density at radius 1 is 1.21 bits per heavy atom. The largest absolute Gasteiger partial charge is 0.480 e. The number of nitrogen functional groups attached to an aromatic ring is 1. The van der Waals surface area contributed by atoms with E-state index in [4.69, 9.17) is 5.73 Å². The molecule has 0 saturated carbocycles. The molecule has 0 spiro atoms. The van der Waals surface area contributed by atoms with Crippen LogP contribution in [-0.4, -0.2) is 38.0 Å². The van der Waals surface area contributed by atoms with Crippen LogP contribution < -0.4 is 16.6 Å². The molecule has 1 atom stereocenters. The summed E-state index contributed by atoms with van der Waals surface area (Å²) < 4.78 is 0. The average Bonchev–Trinajstić information content (AvgIpc) is 3.07. The van der Waals surface area contributed by atoms with Crippen molar-refractivity contribution in [2.24, 2.45) is 5.92 Å². The Morgan fingerprint density at radius 2 is 1.90 bits per heavy atom. The first kappa shape index (κ1) is 20.1. The lowest BCUT2D eigenvalue weighted by molar-refractivity contribution is -0.140. The maximum atomic E-state index is 12.3. The Labute approximate surface area is 166 Å². The highest BCUT2D eigenvalue weighted by Gasteiger charge is 2.23. The van der Waals surface area contributed by atoms with E-state index in [1.807, 2.05) is 12.1 Å². The van der Waals surface area contributed by atoms with Gasteiger partial charge in [0.05, 0.1) is 5.39 Å². The number of nitrogens with one attached hydrogen (secondary N) is 3. The number of hydrogen-bond donors (Lipinski definition) is 5. The lowest BCUT2D eigenvalue weighted by Crippen LogP contribution is -2.44. The summed E-state index contributed by atoms with van der Waals surface area (Å²) in [5.41, 5.74) is 7.92. The molecular formula is C20H23N5O4. The first-order chi connectivity index (χ1) is 13.8. The number of aliphatic carboxylic acids is 1. The molecular weight excluding hydrogens is 374 g/mol. The van der Waals surface area contributed by atoms with Gasteiger partial charge in [0.15, 0.2) is 0 Å². The lowest BCUT2D eigenvalue weighted by atomic mass is 10.0. The normalized spacial score (nSPS) is 12.2. The van der Waals surface area contributed by atoms with Gasteiger partial charge in [-0.1, -0.05) is 26.0 Å². The van der Waals surface area contributed by atoms with E-state index in [0.29, 0.717) is 29.4 Å². The second kappa shape index (κ2) is 8.17. The van der Waals surface area contributed by atoms with Crippen LogP contribution in [-0.2, 0) is 17.6 Å². The SMILES string of the molecule is CC(C)[C@H](NC(=O)c1ccc(CCc2c[nH]c3nc(N)[nH]c(=O)c23)cc1)C(=O)O. The number of aromatic nitrogens is 3. The first-order valence-electron chi connectivity index (χ1n) is 9.24. The molecule has 0 aliphatic rings. The molecule has 1 amide bonds. The Morgan fingerprint density at radius 3 is 2.52 bits per heavy atom. The molecule has 0 fully saturated rings. The topological polar surface area (TPSA) is 154 Å². The van der Waals surface area contributed by atoms with Gasteiger partial charge in [-0.2, -0.15) is 4.98 Å². The van der Waals surface area contributed by atoms with Gasteiger partial charge in [0.25, 0.3) is 11.5 Å². The van der Waals surface area contributed by atoms with Crippen molar-refractivity contribution in [3.63, 3.8) is 0 Å². The molecule has 3 rings (SSSR count). The number of hydrogen-bond acceptors (Lipinski definition) is 5. The van der Waals surface area contributed by atoms with Crippen LogP contribution in [0.5, 0.6) is 0 Å². The fourth-order valence-corrected chi connectivity index (χ4v) is 3.16. The van der Waals surface area contributed by atoms with Gasteiger partial charge in [-0.05, 0) is 42.0 Å². The van der Waals surface area contributed by atoms with E-state index < -0.39 is 17.9 Å². The first-order valence-corrected chi connectivity index (χ1v) is 9.24. The van der Waals surface area contributed by atoms with Crippen molar-refractivity contribution in [3.8, 4) is 0 Å². The van der Waals surface area contributed by atoms with Crippen molar-refractivity contribution in [1.82, 2.24) is 20.3 Å². The third-order valence-electron chi connectivity index (χ3n) is 4.76. The average molecular weight is 397 g/mol. The molecule has 0 unspecified atom stereocenters. The number of aromatic amines is 2. The van der Waals surface area contributed by atoms with Gasteiger partial charge >= 0.3 is 5.97 Å². The third-order valence-corrected chi connectivity index (χ3v) is 4.76. The highest BCUT2D eigenvalue weighted by Crippen LogP contribution is 2.16. The fraction of sp³-hybridized carbons (Fsp3) is 0.300. The Balaban J connectivity index is 1.68. The summed E-state index contributed by atoms with van der Waals surface area (Å²) in [6.45, 7) is 3.48. The predicted octanol–water partition coefficient (Wildman–Crippen LogP) is 1.46. The van der Waals surface area contributed by atoms with Crippen molar-refractivity contribution >= 4 is 28.9 Å². The van der Waals surface area contributed by atoms with Gasteiger partial charge in [-0.15, -0.1) is 0 Å². The number of amides is 1. The lowest BCUT2D eigenvalue weighted by Gasteiger charge is -2.17. The number of rotatable bonds is 7. The molecule has 29 heavy (non-hydrogen) atoms. The molecule has 1 aromatic carbocycles. The van der Waals surface area contributed by atoms with E-state index in [1.165, 1.54) is 0 Å². The number of carbonyl (C=O) groups is 2. The number of carbonyl (C=O) groups excluding carboxylic acids is 1. The van der Waals surface area contributed by atoms with E-state index in [0.717, 1.165) is 11.1 Å². The van der Waals surface area contributed by atoms with Crippen molar-refractivity contribution < 1.29 is 14.7 Å². The minimum atomic E-state index is -1.06. The number of fused-ring (bicyclic) bond motifs is 1. The summed E-state index contributed by atoms with van der Waals surface area (Å²) in [7, 11) is 0.